The molecule has 0 amide bonds. The number of benzene rings is 1. The fraction of sp³-hybridized carbons (Fsp3) is 0.500. The van der Waals surface area contributed by atoms with E-state index in [1.807, 2.05) is 12.1 Å². The standard InChI is InChI=1S/C12H18BrNO4/c1-17-11-3-8(5-14-6-9(16)7-15)10(13)4-12(11)18-2/h3-4,9,14-16H,5-7H2,1-2H3/t9-/m1/s1. The van der Waals surface area contributed by atoms with Crippen LogP contribution in [0.5, 0.6) is 11.5 Å². The van der Waals surface area contributed by atoms with Gasteiger partial charge in [0, 0.05) is 17.6 Å². The van der Waals surface area contributed by atoms with E-state index in [4.69, 9.17) is 14.6 Å². The number of hydrogen-bond acceptors (Lipinski definition) is 5. The molecule has 0 spiro atoms. The van der Waals surface area contributed by atoms with E-state index in [0.29, 0.717) is 24.6 Å². The lowest BCUT2D eigenvalue weighted by atomic mass is 10.2. The Morgan fingerprint density at radius 3 is 2.44 bits per heavy atom. The van der Waals surface area contributed by atoms with Gasteiger partial charge in [-0.2, -0.15) is 0 Å². The monoisotopic (exact) mass is 319 g/mol. The summed E-state index contributed by atoms with van der Waals surface area (Å²) < 4.78 is 11.3. The van der Waals surface area contributed by atoms with Crippen molar-refractivity contribution in [2.24, 2.45) is 0 Å². The molecule has 0 saturated carbocycles. The fourth-order valence-electron chi connectivity index (χ4n) is 1.47. The Balaban J connectivity index is 2.71. The van der Waals surface area contributed by atoms with Crippen molar-refractivity contribution in [3.05, 3.63) is 22.2 Å². The van der Waals surface area contributed by atoms with Crippen LogP contribution in [0.1, 0.15) is 5.56 Å². The highest BCUT2D eigenvalue weighted by molar-refractivity contribution is 9.10. The van der Waals surface area contributed by atoms with Crippen molar-refractivity contribution in [2.45, 2.75) is 12.6 Å². The minimum Gasteiger partial charge on any atom is -0.493 e. The van der Waals surface area contributed by atoms with E-state index < -0.39 is 6.10 Å². The molecule has 0 radical (unpaired) electrons. The number of nitrogens with one attached hydrogen (secondary N) is 1. The van der Waals surface area contributed by atoms with Gasteiger partial charge in [0.05, 0.1) is 26.9 Å². The van der Waals surface area contributed by atoms with Crippen molar-refractivity contribution in [3.8, 4) is 11.5 Å². The molecule has 0 unspecified atom stereocenters. The quantitative estimate of drug-likeness (QED) is 0.697. The molecular weight excluding hydrogens is 302 g/mol. The van der Waals surface area contributed by atoms with Gasteiger partial charge in [0.2, 0.25) is 0 Å². The maximum absolute atomic E-state index is 9.22. The molecular formula is C12H18BrNO4. The Morgan fingerprint density at radius 2 is 1.89 bits per heavy atom. The van der Waals surface area contributed by atoms with Gasteiger partial charge in [-0.3, -0.25) is 0 Å². The number of aliphatic hydroxyl groups excluding tert-OH is 2. The zero-order chi connectivity index (χ0) is 13.5. The van der Waals surface area contributed by atoms with Crippen LogP contribution >= 0.6 is 15.9 Å². The van der Waals surface area contributed by atoms with Gasteiger partial charge in [0.1, 0.15) is 0 Å². The first kappa shape index (κ1) is 15.2. The summed E-state index contributed by atoms with van der Waals surface area (Å²) in [4.78, 5) is 0. The Hall–Kier alpha value is -0.820. The molecule has 0 heterocycles. The molecule has 1 atom stereocenters. The summed E-state index contributed by atoms with van der Waals surface area (Å²) in [6, 6.07) is 3.69. The molecule has 102 valence electrons. The van der Waals surface area contributed by atoms with Crippen molar-refractivity contribution in [2.75, 3.05) is 27.4 Å². The van der Waals surface area contributed by atoms with Gasteiger partial charge >= 0.3 is 0 Å². The minimum absolute atomic E-state index is 0.250. The lowest BCUT2D eigenvalue weighted by Gasteiger charge is -2.13. The van der Waals surface area contributed by atoms with Crippen LogP contribution in [0, 0.1) is 0 Å². The number of ether oxygens (including phenoxy) is 2. The topological polar surface area (TPSA) is 71.0 Å². The normalized spacial score (nSPS) is 12.3. The highest BCUT2D eigenvalue weighted by atomic mass is 79.9. The summed E-state index contributed by atoms with van der Waals surface area (Å²) >= 11 is 3.45. The molecule has 18 heavy (non-hydrogen) atoms. The molecule has 0 saturated heterocycles. The lowest BCUT2D eigenvalue weighted by Crippen LogP contribution is -2.29. The Kier molecular flexibility index (Phi) is 6.42. The third kappa shape index (κ3) is 4.13. The van der Waals surface area contributed by atoms with Crippen molar-refractivity contribution in [1.29, 1.82) is 0 Å². The molecule has 1 aromatic carbocycles. The van der Waals surface area contributed by atoms with Crippen LogP contribution in [0.25, 0.3) is 0 Å². The number of aliphatic hydroxyl groups is 2. The molecule has 5 nitrogen and oxygen atoms in total. The average molecular weight is 320 g/mol. The Labute approximate surface area is 115 Å². The van der Waals surface area contributed by atoms with Crippen LogP contribution in [0.4, 0.5) is 0 Å². The zero-order valence-electron chi connectivity index (χ0n) is 10.4. The van der Waals surface area contributed by atoms with Gasteiger partial charge in [-0.05, 0) is 17.7 Å². The number of halogens is 1. The summed E-state index contributed by atoms with van der Waals surface area (Å²) in [7, 11) is 3.16. The Morgan fingerprint density at radius 1 is 1.28 bits per heavy atom. The highest BCUT2D eigenvalue weighted by Gasteiger charge is 2.09. The van der Waals surface area contributed by atoms with Crippen LogP contribution in [0.3, 0.4) is 0 Å². The molecule has 0 fully saturated rings. The van der Waals surface area contributed by atoms with Gasteiger partial charge in [0.25, 0.3) is 0 Å². The molecule has 0 aliphatic rings. The SMILES string of the molecule is COc1cc(Br)c(CNC[C@@H](O)CO)cc1OC. The molecule has 1 rings (SSSR count). The first-order chi connectivity index (χ1) is 8.62. The van der Waals surface area contributed by atoms with Crippen LogP contribution in [0.15, 0.2) is 16.6 Å². The van der Waals surface area contributed by atoms with E-state index in [2.05, 4.69) is 21.2 Å². The second kappa shape index (κ2) is 7.58. The molecule has 0 aliphatic heterocycles. The summed E-state index contributed by atoms with van der Waals surface area (Å²) in [5.41, 5.74) is 0.984. The first-order valence-corrected chi connectivity index (χ1v) is 6.31. The van der Waals surface area contributed by atoms with Crippen LogP contribution in [-0.2, 0) is 6.54 Å². The van der Waals surface area contributed by atoms with Gasteiger partial charge in [-0.1, -0.05) is 15.9 Å². The largest absolute Gasteiger partial charge is 0.493 e. The summed E-state index contributed by atoms with van der Waals surface area (Å²) in [6.07, 6.45) is -0.746. The van der Waals surface area contributed by atoms with Crippen molar-refractivity contribution in [3.63, 3.8) is 0 Å². The second-order valence-corrected chi connectivity index (χ2v) is 4.62. The third-order valence-corrected chi connectivity index (χ3v) is 3.20. The molecule has 0 aliphatic carbocycles. The highest BCUT2D eigenvalue weighted by Crippen LogP contribution is 2.33. The predicted octanol–water partition coefficient (Wildman–Crippen LogP) is 0.909. The third-order valence-electron chi connectivity index (χ3n) is 2.46. The molecule has 1 aromatic rings. The van der Waals surface area contributed by atoms with E-state index in [0.717, 1.165) is 10.0 Å². The number of methoxy groups -OCH3 is 2. The van der Waals surface area contributed by atoms with Gasteiger partial charge < -0.3 is 25.0 Å². The second-order valence-electron chi connectivity index (χ2n) is 3.77. The Bertz CT molecular complexity index is 387. The van der Waals surface area contributed by atoms with Gasteiger partial charge in [-0.15, -0.1) is 0 Å². The van der Waals surface area contributed by atoms with Gasteiger partial charge in [-0.25, -0.2) is 0 Å². The predicted molar refractivity (Wildman–Crippen MR) is 72.0 cm³/mol. The summed E-state index contributed by atoms with van der Waals surface area (Å²) in [5.74, 6) is 1.31. The molecule has 3 N–H and O–H groups in total. The van der Waals surface area contributed by atoms with Crippen molar-refractivity contribution < 1.29 is 19.7 Å². The van der Waals surface area contributed by atoms with E-state index in [1.165, 1.54) is 0 Å². The summed E-state index contributed by atoms with van der Waals surface area (Å²) in [5, 5.41) is 21.0. The number of rotatable bonds is 7. The van der Waals surface area contributed by atoms with E-state index in [-0.39, 0.29) is 6.61 Å². The molecule has 6 heteroatoms. The van der Waals surface area contributed by atoms with Crippen molar-refractivity contribution in [1.82, 2.24) is 5.32 Å². The van der Waals surface area contributed by atoms with E-state index in [1.54, 1.807) is 14.2 Å². The van der Waals surface area contributed by atoms with Crippen LogP contribution in [0.2, 0.25) is 0 Å². The van der Waals surface area contributed by atoms with E-state index >= 15 is 0 Å². The molecule has 0 aromatic heterocycles. The summed E-state index contributed by atoms with van der Waals surface area (Å²) in [6.45, 7) is 0.634. The fourth-order valence-corrected chi connectivity index (χ4v) is 1.93. The van der Waals surface area contributed by atoms with Gasteiger partial charge in [0.15, 0.2) is 11.5 Å². The van der Waals surface area contributed by atoms with Crippen LogP contribution in [-0.4, -0.2) is 43.7 Å². The number of hydrogen-bond donors (Lipinski definition) is 3. The lowest BCUT2D eigenvalue weighted by molar-refractivity contribution is 0.0942. The van der Waals surface area contributed by atoms with E-state index in [9.17, 15) is 5.11 Å². The average Bonchev–Trinajstić information content (AvgIpc) is 2.39. The molecule has 0 bridgehead atoms. The van der Waals surface area contributed by atoms with Crippen molar-refractivity contribution >= 4 is 15.9 Å². The van der Waals surface area contributed by atoms with Crippen LogP contribution < -0.4 is 14.8 Å². The maximum Gasteiger partial charge on any atom is 0.161 e. The zero-order valence-corrected chi connectivity index (χ0v) is 12.0. The minimum atomic E-state index is -0.746. The smallest absolute Gasteiger partial charge is 0.161 e. The maximum atomic E-state index is 9.22. The first-order valence-electron chi connectivity index (χ1n) is 5.52.